The Morgan fingerprint density at radius 1 is 0.311 bits per heavy atom. The zero-order valence-corrected chi connectivity index (χ0v) is 34.2. The van der Waals surface area contributed by atoms with Crippen LogP contribution in [0.15, 0.2) is 224 Å². The SMILES string of the molecule is Cc1ccc(N(c2ccccc2)c2cc3c(c4ccccc24)c2c4ccccc4c(N(c4ccccc4)c4ccc(C)cc4)cc2n3-c2cccc(-c3ccccc3)c2)cc1. The van der Waals surface area contributed by atoms with E-state index in [4.69, 9.17) is 0 Å². The average molecular weight is 782 g/mol. The summed E-state index contributed by atoms with van der Waals surface area (Å²) in [5.74, 6) is 0. The van der Waals surface area contributed by atoms with Crippen molar-refractivity contribution < 1.29 is 0 Å². The fourth-order valence-corrected chi connectivity index (χ4v) is 9.19. The molecule has 0 atom stereocenters. The van der Waals surface area contributed by atoms with Crippen LogP contribution in [-0.2, 0) is 0 Å². The molecule has 0 saturated heterocycles. The molecule has 0 bridgehead atoms. The van der Waals surface area contributed by atoms with Gasteiger partial charge in [-0.2, -0.15) is 0 Å². The third-order valence-corrected chi connectivity index (χ3v) is 12.0. The van der Waals surface area contributed by atoms with Crippen LogP contribution in [0.2, 0.25) is 0 Å². The molecule has 0 unspecified atom stereocenters. The lowest BCUT2D eigenvalue weighted by Crippen LogP contribution is -2.11. The van der Waals surface area contributed by atoms with Crippen molar-refractivity contribution in [3.05, 3.63) is 236 Å². The van der Waals surface area contributed by atoms with E-state index in [0.717, 1.165) is 50.8 Å². The Labute approximate surface area is 356 Å². The van der Waals surface area contributed by atoms with E-state index in [2.05, 4.69) is 253 Å². The summed E-state index contributed by atoms with van der Waals surface area (Å²) in [6, 6.07) is 81.9. The largest absolute Gasteiger partial charge is 0.310 e. The standard InChI is InChI=1S/C58H43N3/c1-40-29-33-46(34-30-40)59(44-20-8-4-9-21-44)53-38-55-57(51-27-14-12-25-49(51)53)58-52-28-15-13-26-50(52)54(60(45-22-10-5-11-23-45)47-35-31-41(2)32-36-47)39-56(58)61(55)48-24-16-19-43(37-48)42-17-6-3-7-18-42/h3-39H,1-2H3. The van der Waals surface area contributed by atoms with Crippen molar-refractivity contribution in [2.45, 2.75) is 13.8 Å². The molecular weight excluding hydrogens is 739 g/mol. The second kappa shape index (κ2) is 15.1. The lowest BCUT2D eigenvalue weighted by molar-refractivity contribution is 1.18. The molecule has 290 valence electrons. The summed E-state index contributed by atoms with van der Waals surface area (Å²) in [5, 5.41) is 7.27. The molecule has 1 aromatic heterocycles. The molecule has 0 fully saturated rings. The summed E-state index contributed by atoms with van der Waals surface area (Å²) in [6.45, 7) is 4.30. The van der Waals surface area contributed by atoms with E-state index in [1.54, 1.807) is 0 Å². The van der Waals surface area contributed by atoms with E-state index in [-0.39, 0.29) is 0 Å². The van der Waals surface area contributed by atoms with Gasteiger partial charge in [0, 0.05) is 50.0 Å². The van der Waals surface area contributed by atoms with Crippen LogP contribution in [0.4, 0.5) is 34.1 Å². The Hall–Kier alpha value is -7.88. The fourth-order valence-electron chi connectivity index (χ4n) is 9.19. The van der Waals surface area contributed by atoms with Gasteiger partial charge in [0.2, 0.25) is 0 Å². The number of hydrogen-bond acceptors (Lipinski definition) is 2. The van der Waals surface area contributed by atoms with Gasteiger partial charge in [0.25, 0.3) is 0 Å². The first-order chi connectivity index (χ1) is 30.1. The number of para-hydroxylation sites is 2. The van der Waals surface area contributed by atoms with Crippen LogP contribution < -0.4 is 9.80 Å². The molecule has 0 aliphatic rings. The number of rotatable bonds is 8. The molecule has 61 heavy (non-hydrogen) atoms. The van der Waals surface area contributed by atoms with Gasteiger partial charge in [-0.25, -0.2) is 0 Å². The van der Waals surface area contributed by atoms with Crippen molar-refractivity contribution in [1.29, 1.82) is 0 Å². The minimum Gasteiger partial charge on any atom is -0.310 e. The number of fused-ring (bicyclic) bond motifs is 7. The molecule has 11 rings (SSSR count). The van der Waals surface area contributed by atoms with Gasteiger partial charge in [0.15, 0.2) is 0 Å². The van der Waals surface area contributed by atoms with Crippen LogP contribution in [0.1, 0.15) is 11.1 Å². The van der Waals surface area contributed by atoms with E-state index in [1.165, 1.54) is 54.6 Å². The van der Waals surface area contributed by atoms with Crippen molar-refractivity contribution in [2.24, 2.45) is 0 Å². The molecule has 0 aliphatic carbocycles. The van der Waals surface area contributed by atoms with E-state index in [0.29, 0.717) is 0 Å². The molecule has 10 aromatic carbocycles. The summed E-state index contributed by atoms with van der Waals surface area (Å²) in [6.07, 6.45) is 0. The summed E-state index contributed by atoms with van der Waals surface area (Å²) in [7, 11) is 0. The van der Waals surface area contributed by atoms with Crippen LogP contribution in [0.25, 0.3) is 60.2 Å². The molecule has 0 spiro atoms. The first-order valence-corrected chi connectivity index (χ1v) is 21.0. The van der Waals surface area contributed by atoms with Crippen LogP contribution >= 0.6 is 0 Å². The van der Waals surface area contributed by atoms with E-state index in [9.17, 15) is 0 Å². The second-order valence-electron chi connectivity index (χ2n) is 15.9. The second-order valence-corrected chi connectivity index (χ2v) is 15.9. The molecule has 3 nitrogen and oxygen atoms in total. The van der Waals surface area contributed by atoms with Crippen LogP contribution in [0.5, 0.6) is 0 Å². The highest BCUT2D eigenvalue weighted by Crippen LogP contribution is 2.50. The Morgan fingerprint density at radius 3 is 1.15 bits per heavy atom. The number of benzene rings is 10. The molecule has 3 heteroatoms. The number of nitrogens with zero attached hydrogens (tertiary/aromatic N) is 3. The lowest BCUT2D eigenvalue weighted by atomic mass is 9.96. The molecular formula is C58H43N3. The van der Waals surface area contributed by atoms with Crippen LogP contribution in [-0.4, -0.2) is 4.57 Å². The average Bonchev–Trinajstić information content (AvgIpc) is 3.66. The zero-order chi connectivity index (χ0) is 40.9. The van der Waals surface area contributed by atoms with Crippen molar-refractivity contribution >= 4 is 77.5 Å². The summed E-state index contributed by atoms with van der Waals surface area (Å²) in [5.41, 5.74) is 14.9. The third-order valence-electron chi connectivity index (χ3n) is 12.0. The Bertz CT molecular complexity index is 3170. The highest BCUT2D eigenvalue weighted by atomic mass is 15.2. The molecule has 1 heterocycles. The maximum atomic E-state index is 2.51. The first-order valence-electron chi connectivity index (χ1n) is 21.0. The minimum absolute atomic E-state index is 1.10. The predicted molar refractivity (Wildman–Crippen MR) is 260 cm³/mol. The molecule has 0 saturated carbocycles. The number of anilines is 6. The molecule has 0 amide bonds. The molecule has 11 aromatic rings. The molecule has 0 N–H and O–H groups in total. The van der Waals surface area contributed by atoms with Crippen molar-refractivity contribution in [1.82, 2.24) is 4.57 Å². The minimum atomic E-state index is 1.10. The van der Waals surface area contributed by atoms with Crippen molar-refractivity contribution in [2.75, 3.05) is 9.80 Å². The highest BCUT2D eigenvalue weighted by molar-refractivity contribution is 6.32. The van der Waals surface area contributed by atoms with E-state index >= 15 is 0 Å². The lowest BCUT2D eigenvalue weighted by Gasteiger charge is -2.27. The fraction of sp³-hybridized carbons (Fsp3) is 0.0345. The van der Waals surface area contributed by atoms with Gasteiger partial charge in [-0.05, 0) is 109 Å². The third kappa shape index (κ3) is 6.30. The van der Waals surface area contributed by atoms with Gasteiger partial charge >= 0.3 is 0 Å². The van der Waals surface area contributed by atoms with Crippen LogP contribution in [0, 0.1) is 13.8 Å². The number of aromatic nitrogens is 1. The number of aryl methyl sites for hydroxylation is 2. The Balaban J connectivity index is 1.31. The van der Waals surface area contributed by atoms with Gasteiger partial charge in [0.05, 0.1) is 22.4 Å². The van der Waals surface area contributed by atoms with Gasteiger partial charge in [-0.1, -0.05) is 163 Å². The molecule has 0 aliphatic heterocycles. The van der Waals surface area contributed by atoms with Crippen LogP contribution in [0.3, 0.4) is 0 Å². The Kier molecular flexibility index (Phi) is 8.94. The van der Waals surface area contributed by atoms with Gasteiger partial charge in [-0.3, -0.25) is 0 Å². The highest BCUT2D eigenvalue weighted by Gasteiger charge is 2.26. The van der Waals surface area contributed by atoms with Gasteiger partial charge in [-0.15, -0.1) is 0 Å². The zero-order valence-electron chi connectivity index (χ0n) is 34.2. The van der Waals surface area contributed by atoms with Crippen molar-refractivity contribution in [3.8, 4) is 16.8 Å². The first kappa shape index (κ1) is 36.2. The maximum absolute atomic E-state index is 2.51. The normalized spacial score (nSPS) is 11.4. The monoisotopic (exact) mass is 781 g/mol. The summed E-state index contributed by atoms with van der Waals surface area (Å²) < 4.78 is 2.51. The summed E-state index contributed by atoms with van der Waals surface area (Å²) in [4.78, 5) is 4.84. The van der Waals surface area contributed by atoms with Gasteiger partial charge in [0.1, 0.15) is 0 Å². The maximum Gasteiger partial charge on any atom is 0.0568 e. The number of hydrogen-bond donors (Lipinski definition) is 0. The Morgan fingerprint density at radius 2 is 0.689 bits per heavy atom. The molecule has 0 radical (unpaired) electrons. The predicted octanol–water partition coefficient (Wildman–Crippen LogP) is 16.3. The smallest absolute Gasteiger partial charge is 0.0568 e. The quantitative estimate of drug-likeness (QED) is 0.152. The van der Waals surface area contributed by atoms with E-state index in [1.807, 2.05) is 0 Å². The van der Waals surface area contributed by atoms with Gasteiger partial charge < -0.3 is 14.4 Å². The van der Waals surface area contributed by atoms with E-state index < -0.39 is 0 Å². The topological polar surface area (TPSA) is 11.4 Å². The van der Waals surface area contributed by atoms with Crippen molar-refractivity contribution in [3.63, 3.8) is 0 Å². The summed E-state index contributed by atoms with van der Waals surface area (Å²) >= 11 is 0.